The molecule has 0 spiro atoms. The number of ether oxygens (including phenoxy) is 6. The first kappa shape index (κ1) is 49.2. The maximum Gasteiger partial charge on any atom is 0.303 e. The van der Waals surface area contributed by atoms with E-state index in [1.54, 1.807) is 0 Å². The van der Waals surface area contributed by atoms with Crippen molar-refractivity contribution in [1.29, 1.82) is 0 Å². The number of carbonyl (C=O) groups excluding carboxylic acids is 2. The van der Waals surface area contributed by atoms with Gasteiger partial charge in [-0.25, -0.2) is 0 Å². The molecule has 0 aliphatic carbocycles. The molecule has 326 valence electrons. The lowest BCUT2D eigenvalue weighted by Crippen LogP contribution is -2.68. The summed E-state index contributed by atoms with van der Waals surface area (Å²) in [5.41, 5.74) is 7.42. The van der Waals surface area contributed by atoms with E-state index in [-0.39, 0.29) is 52.6 Å². The van der Waals surface area contributed by atoms with E-state index < -0.39 is 65.0 Å². The summed E-state index contributed by atoms with van der Waals surface area (Å²) in [6.45, 7) is 37.4. The van der Waals surface area contributed by atoms with E-state index in [2.05, 4.69) is 88.2 Å². The van der Waals surface area contributed by atoms with Gasteiger partial charge in [0.25, 0.3) is 0 Å². The summed E-state index contributed by atoms with van der Waals surface area (Å²) >= 11 is 0. The lowest BCUT2D eigenvalue weighted by molar-refractivity contribution is -0.308. The van der Waals surface area contributed by atoms with Crippen molar-refractivity contribution in [2.75, 3.05) is 26.4 Å². The largest absolute Gasteiger partial charge is 0.466 e. The molecule has 3 heterocycles. The van der Waals surface area contributed by atoms with Crippen LogP contribution in [0.1, 0.15) is 115 Å². The van der Waals surface area contributed by atoms with Gasteiger partial charge >= 0.3 is 11.9 Å². The predicted octanol–water partition coefficient (Wildman–Crippen LogP) is 7.42. The Morgan fingerprint density at radius 1 is 0.929 bits per heavy atom. The minimum Gasteiger partial charge on any atom is -0.466 e. The minimum absolute atomic E-state index is 0.0230. The van der Waals surface area contributed by atoms with Gasteiger partial charge in [-0.1, -0.05) is 68.9 Å². The first-order chi connectivity index (χ1) is 25.5. The van der Waals surface area contributed by atoms with Gasteiger partial charge in [0, 0.05) is 51.6 Å². The minimum atomic E-state index is -2.23. The Bertz CT molecular complexity index is 1320. The summed E-state index contributed by atoms with van der Waals surface area (Å²) in [6.07, 6.45) is -1.28. The van der Waals surface area contributed by atoms with Crippen LogP contribution in [0.4, 0.5) is 0 Å². The van der Waals surface area contributed by atoms with Crippen molar-refractivity contribution in [3.8, 4) is 0 Å². The fraction of sp³-hybridized carbons (Fsp3) is 0.905. The van der Waals surface area contributed by atoms with Gasteiger partial charge in [-0.05, 0) is 60.6 Å². The van der Waals surface area contributed by atoms with Crippen LogP contribution < -0.4 is 5.73 Å². The summed E-state index contributed by atoms with van der Waals surface area (Å²) in [4.78, 5) is 23.9. The van der Waals surface area contributed by atoms with Crippen molar-refractivity contribution < 1.29 is 52.0 Å². The number of hydrogen-bond donors (Lipinski definition) is 2. The van der Waals surface area contributed by atoms with Gasteiger partial charge in [0.2, 0.25) is 0 Å². The van der Waals surface area contributed by atoms with Crippen molar-refractivity contribution in [1.82, 2.24) is 0 Å². The van der Waals surface area contributed by atoms with Crippen LogP contribution in [0.2, 0.25) is 36.3 Å². The Morgan fingerprint density at radius 2 is 1.52 bits per heavy atom. The van der Waals surface area contributed by atoms with Crippen LogP contribution >= 0.6 is 0 Å². The van der Waals surface area contributed by atoms with Crippen molar-refractivity contribution in [2.24, 2.45) is 17.1 Å². The van der Waals surface area contributed by atoms with Crippen LogP contribution in [0.15, 0.2) is 12.2 Å². The topological polar surface area (TPSA) is 154 Å². The summed E-state index contributed by atoms with van der Waals surface area (Å²) < 4.78 is 51.1. The van der Waals surface area contributed by atoms with E-state index in [1.165, 1.54) is 13.8 Å². The van der Waals surface area contributed by atoms with E-state index >= 15 is 0 Å². The molecule has 3 saturated heterocycles. The average Bonchev–Trinajstić information content (AvgIpc) is 3.05. The molecule has 0 aromatic carbocycles. The van der Waals surface area contributed by atoms with E-state index in [0.29, 0.717) is 57.5 Å². The van der Waals surface area contributed by atoms with Crippen molar-refractivity contribution in [2.45, 2.75) is 206 Å². The summed E-state index contributed by atoms with van der Waals surface area (Å²) in [6, 6.07) is -0.703. The van der Waals surface area contributed by atoms with Crippen LogP contribution in [0.5, 0.6) is 0 Å². The smallest absolute Gasteiger partial charge is 0.303 e. The Kier molecular flexibility index (Phi) is 16.7. The van der Waals surface area contributed by atoms with Crippen molar-refractivity contribution >= 4 is 28.6 Å². The lowest BCUT2D eigenvalue weighted by Gasteiger charge is -2.52. The molecule has 3 rings (SSSR count). The second-order valence-corrected chi connectivity index (χ2v) is 30.1. The van der Waals surface area contributed by atoms with E-state index in [4.69, 9.17) is 43.0 Å². The Hall–Kier alpha value is -1.21. The predicted molar refractivity (Wildman–Crippen MR) is 223 cm³/mol. The number of nitrogens with two attached hydrogens (primary N) is 1. The first-order valence-electron chi connectivity index (χ1n) is 20.8. The molecule has 3 fully saturated rings. The summed E-state index contributed by atoms with van der Waals surface area (Å²) in [5.74, 6) is -1.95. The van der Waals surface area contributed by atoms with Gasteiger partial charge < -0.3 is 48.1 Å². The molecule has 3 unspecified atom stereocenters. The molecule has 14 heteroatoms. The van der Waals surface area contributed by atoms with Gasteiger partial charge in [-0.15, -0.1) is 0 Å². The van der Waals surface area contributed by atoms with Gasteiger partial charge in [0.1, 0.15) is 12.2 Å². The standard InChI is InChI=1S/C42H79NO11Si2/c1-27(24-42(19-17-20-47-29(3)44)48-25-41(11,12)26-49-42)28(2)31(46)22-34-37(51-30(4)45)36(43)38-35(52-34)23-33(54-56(15,16)40(8,9)10)32(53-38)18-21-50-55(13,14)39(5,6)7/h27,31-38,46H,2,17-26,43H2,1,3-16H3/t27-,31-,32?,33?,34+,35+,36-,37?,38-/m1/s1. The molecule has 0 saturated carbocycles. The molecule has 3 aliphatic heterocycles. The Balaban J connectivity index is 1.81. The van der Waals surface area contributed by atoms with Crippen LogP contribution in [-0.4, -0.2) is 115 Å². The Labute approximate surface area is 340 Å². The van der Waals surface area contributed by atoms with E-state index in [0.717, 1.165) is 0 Å². The average molecular weight is 830 g/mol. The molecule has 0 bridgehead atoms. The number of rotatable bonds is 17. The number of fused-ring (bicyclic) bond motifs is 1. The number of aliphatic hydroxyl groups is 1. The number of hydrogen-bond acceptors (Lipinski definition) is 12. The van der Waals surface area contributed by atoms with Gasteiger partial charge in [0.05, 0.1) is 56.4 Å². The second kappa shape index (κ2) is 19.0. The van der Waals surface area contributed by atoms with Crippen LogP contribution in [0.25, 0.3) is 0 Å². The molecule has 56 heavy (non-hydrogen) atoms. The van der Waals surface area contributed by atoms with E-state index in [9.17, 15) is 14.7 Å². The first-order valence-corrected chi connectivity index (χ1v) is 26.6. The highest BCUT2D eigenvalue weighted by Gasteiger charge is 2.54. The molecule has 9 atom stereocenters. The highest BCUT2D eigenvalue weighted by molar-refractivity contribution is 6.74. The van der Waals surface area contributed by atoms with Gasteiger partial charge in [-0.3, -0.25) is 9.59 Å². The summed E-state index contributed by atoms with van der Waals surface area (Å²) in [5, 5.41) is 11.8. The molecule has 0 amide bonds. The molecular weight excluding hydrogens is 751 g/mol. The van der Waals surface area contributed by atoms with Crippen molar-refractivity contribution in [3.63, 3.8) is 0 Å². The third-order valence-corrected chi connectivity index (χ3v) is 21.9. The lowest BCUT2D eigenvalue weighted by atomic mass is 9.82. The van der Waals surface area contributed by atoms with Crippen LogP contribution in [0.3, 0.4) is 0 Å². The highest BCUT2D eigenvalue weighted by Crippen LogP contribution is 2.44. The maximum absolute atomic E-state index is 12.5. The van der Waals surface area contributed by atoms with Gasteiger partial charge in [0.15, 0.2) is 22.4 Å². The number of carbonyl (C=O) groups is 2. The fourth-order valence-corrected chi connectivity index (χ4v) is 9.59. The normalized spacial score (nSPS) is 29.5. The van der Waals surface area contributed by atoms with E-state index in [1.807, 2.05) is 6.92 Å². The number of esters is 2. The monoisotopic (exact) mass is 830 g/mol. The third kappa shape index (κ3) is 13.1. The molecule has 3 N–H and O–H groups in total. The van der Waals surface area contributed by atoms with Crippen LogP contribution in [-0.2, 0) is 46.9 Å². The maximum atomic E-state index is 12.5. The quantitative estimate of drug-likeness (QED) is 0.0649. The zero-order valence-corrected chi connectivity index (χ0v) is 39.6. The molecule has 0 radical (unpaired) electrons. The highest BCUT2D eigenvalue weighted by atomic mass is 28.4. The van der Waals surface area contributed by atoms with Gasteiger partial charge in [-0.2, -0.15) is 0 Å². The molecule has 12 nitrogen and oxygen atoms in total. The zero-order valence-electron chi connectivity index (χ0n) is 37.6. The molecular formula is C42H79NO11Si2. The fourth-order valence-electron chi connectivity index (χ4n) is 7.17. The Morgan fingerprint density at radius 3 is 2.05 bits per heavy atom. The zero-order chi connectivity index (χ0) is 42.7. The second-order valence-electron chi connectivity index (χ2n) is 20.6. The molecule has 0 aromatic rings. The molecule has 0 aromatic heterocycles. The number of aliphatic hydroxyl groups excluding tert-OH is 1. The third-order valence-electron chi connectivity index (χ3n) is 12.9. The van der Waals surface area contributed by atoms with Crippen LogP contribution in [0, 0.1) is 11.3 Å². The van der Waals surface area contributed by atoms with Crippen molar-refractivity contribution in [3.05, 3.63) is 12.2 Å². The summed E-state index contributed by atoms with van der Waals surface area (Å²) in [7, 11) is -4.23. The SMILES string of the molecule is C=C([C@H](C)CC1(CCCOC(C)=O)OCC(C)(C)CO1)[C@H](O)C[C@@H]1O[C@H]2CC(O[Si](C)(C)C(C)(C)C)C(CCO[Si](C)(C)C(C)(C)C)O[C@H]2[C@H](N)C1OC(C)=O. The molecule has 3 aliphatic rings.